The van der Waals surface area contributed by atoms with Crippen LogP contribution in [0, 0.1) is 5.41 Å². The van der Waals surface area contributed by atoms with Crippen LogP contribution in [0.4, 0.5) is 0 Å². The summed E-state index contributed by atoms with van der Waals surface area (Å²) in [6, 6.07) is 4.72. The molecule has 0 aromatic heterocycles. The van der Waals surface area contributed by atoms with Crippen LogP contribution in [0.5, 0.6) is 0 Å². The summed E-state index contributed by atoms with van der Waals surface area (Å²) in [6.45, 7) is 4.86. The molecule has 1 aliphatic rings. The molecule has 0 aliphatic carbocycles. The summed E-state index contributed by atoms with van der Waals surface area (Å²) in [4.78, 5) is 0.244. The van der Waals surface area contributed by atoms with Crippen LogP contribution in [0.15, 0.2) is 27.6 Å². The number of nitrogens with zero attached hydrogens (tertiary/aromatic N) is 1. The second-order valence-corrected chi connectivity index (χ2v) is 8.99. The number of nitrogens with two attached hydrogens (primary N) is 1. The van der Waals surface area contributed by atoms with Crippen LogP contribution in [0.1, 0.15) is 20.3 Å². The van der Waals surface area contributed by atoms with Crippen molar-refractivity contribution in [1.29, 1.82) is 0 Å². The van der Waals surface area contributed by atoms with Gasteiger partial charge in [0.05, 0.1) is 4.90 Å². The molecule has 1 heterocycles. The van der Waals surface area contributed by atoms with Gasteiger partial charge in [-0.25, -0.2) is 8.42 Å². The minimum absolute atomic E-state index is 0.0163. The Bertz CT molecular complexity index is 619. The Morgan fingerprint density at radius 2 is 2.10 bits per heavy atom. The van der Waals surface area contributed by atoms with Crippen LogP contribution in [0.3, 0.4) is 0 Å². The van der Waals surface area contributed by atoms with Gasteiger partial charge in [-0.1, -0.05) is 25.4 Å². The third-order valence-corrected chi connectivity index (χ3v) is 6.85. The minimum Gasteiger partial charge on any atom is -0.327 e. The molecule has 1 aliphatic heterocycles. The zero-order valence-corrected chi connectivity index (χ0v) is 14.6. The Kier molecular flexibility index (Phi) is 4.52. The Morgan fingerprint density at radius 3 is 2.65 bits per heavy atom. The first kappa shape index (κ1) is 16.2. The molecule has 7 heteroatoms. The van der Waals surface area contributed by atoms with E-state index in [1.807, 2.05) is 13.8 Å². The van der Waals surface area contributed by atoms with Gasteiger partial charge >= 0.3 is 0 Å². The number of sulfonamides is 1. The second kappa shape index (κ2) is 5.57. The van der Waals surface area contributed by atoms with Crippen molar-refractivity contribution in [2.24, 2.45) is 11.1 Å². The van der Waals surface area contributed by atoms with Crippen LogP contribution in [0.2, 0.25) is 5.02 Å². The maximum Gasteiger partial charge on any atom is 0.244 e. The molecule has 20 heavy (non-hydrogen) atoms. The van der Waals surface area contributed by atoms with Crippen LogP contribution < -0.4 is 5.73 Å². The lowest BCUT2D eigenvalue weighted by Crippen LogP contribution is -2.53. The number of hydrogen-bond acceptors (Lipinski definition) is 3. The summed E-state index contributed by atoms with van der Waals surface area (Å²) in [5.41, 5.74) is 5.83. The standard InChI is InChI=1S/C13H18BrClN2O2S/c1-13(2)8-17(6-5-12(13)16)20(18,19)11-4-3-9(15)7-10(11)14/h3-4,7,12H,5-6,8,16H2,1-2H3. The molecule has 1 aromatic carbocycles. The summed E-state index contributed by atoms with van der Waals surface area (Å²) in [6.07, 6.45) is 0.664. The van der Waals surface area contributed by atoms with Crippen molar-refractivity contribution >= 4 is 37.6 Å². The van der Waals surface area contributed by atoms with E-state index >= 15 is 0 Å². The Hall–Kier alpha value is -0.140. The van der Waals surface area contributed by atoms with Gasteiger partial charge < -0.3 is 5.73 Å². The van der Waals surface area contributed by atoms with Gasteiger partial charge in [-0.2, -0.15) is 4.31 Å². The van der Waals surface area contributed by atoms with Crippen molar-refractivity contribution in [3.63, 3.8) is 0 Å². The van der Waals surface area contributed by atoms with E-state index in [4.69, 9.17) is 17.3 Å². The largest absolute Gasteiger partial charge is 0.327 e. The smallest absolute Gasteiger partial charge is 0.244 e. The molecular weight excluding hydrogens is 364 g/mol. The van der Waals surface area contributed by atoms with Gasteiger partial charge in [-0.3, -0.25) is 0 Å². The fourth-order valence-corrected chi connectivity index (χ4v) is 5.32. The first-order chi connectivity index (χ1) is 9.14. The van der Waals surface area contributed by atoms with Gasteiger partial charge in [0.25, 0.3) is 0 Å². The van der Waals surface area contributed by atoms with Crippen molar-refractivity contribution in [1.82, 2.24) is 4.31 Å². The molecular formula is C13H18BrClN2O2S. The molecule has 0 spiro atoms. The zero-order chi connectivity index (χ0) is 15.1. The quantitative estimate of drug-likeness (QED) is 0.857. The Balaban J connectivity index is 2.36. The Labute approximate surface area is 133 Å². The van der Waals surface area contributed by atoms with Crippen molar-refractivity contribution in [3.05, 3.63) is 27.7 Å². The third-order valence-electron chi connectivity index (χ3n) is 3.79. The maximum atomic E-state index is 12.7. The van der Waals surface area contributed by atoms with Gasteiger partial charge in [-0.15, -0.1) is 0 Å². The van der Waals surface area contributed by atoms with Crippen molar-refractivity contribution in [2.75, 3.05) is 13.1 Å². The zero-order valence-electron chi connectivity index (χ0n) is 11.4. The number of rotatable bonds is 2. The third kappa shape index (κ3) is 3.04. The van der Waals surface area contributed by atoms with Gasteiger partial charge in [0, 0.05) is 28.6 Å². The average molecular weight is 382 g/mol. The monoisotopic (exact) mass is 380 g/mol. The fraction of sp³-hybridized carbons (Fsp3) is 0.538. The molecule has 1 aromatic rings. The predicted octanol–water partition coefficient (Wildman–Crippen LogP) is 2.85. The van der Waals surface area contributed by atoms with E-state index in [9.17, 15) is 8.42 Å². The number of halogens is 2. The molecule has 0 radical (unpaired) electrons. The molecule has 2 N–H and O–H groups in total. The first-order valence-electron chi connectivity index (χ1n) is 6.35. The van der Waals surface area contributed by atoms with Crippen molar-refractivity contribution in [2.45, 2.75) is 31.2 Å². The molecule has 1 saturated heterocycles. The number of benzene rings is 1. The first-order valence-corrected chi connectivity index (χ1v) is 8.96. The Morgan fingerprint density at radius 1 is 1.45 bits per heavy atom. The topological polar surface area (TPSA) is 63.4 Å². The van der Waals surface area contributed by atoms with Gasteiger partial charge in [0.15, 0.2) is 0 Å². The highest BCUT2D eigenvalue weighted by Gasteiger charge is 2.39. The lowest BCUT2D eigenvalue weighted by atomic mass is 9.81. The van der Waals surface area contributed by atoms with Gasteiger partial charge in [0.2, 0.25) is 10.0 Å². The van der Waals surface area contributed by atoms with Crippen LogP contribution >= 0.6 is 27.5 Å². The molecule has 1 fully saturated rings. The molecule has 4 nitrogen and oxygen atoms in total. The summed E-state index contributed by atoms with van der Waals surface area (Å²) in [5, 5.41) is 0.497. The highest BCUT2D eigenvalue weighted by atomic mass is 79.9. The molecule has 1 atom stereocenters. The van der Waals surface area contributed by atoms with Crippen LogP contribution in [-0.2, 0) is 10.0 Å². The van der Waals surface area contributed by atoms with Gasteiger partial charge in [0.1, 0.15) is 0 Å². The maximum absolute atomic E-state index is 12.7. The van der Waals surface area contributed by atoms with Gasteiger partial charge in [-0.05, 0) is 46.0 Å². The van der Waals surface area contributed by atoms with Crippen LogP contribution in [-0.4, -0.2) is 31.9 Å². The van der Waals surface area contributed by atoms with E-state index in [2.05, 4.69) is 15.9 Å². The highest BCUT2D eigenvalue weighted by Crippen LogP contribution is 2.34. The number of hydrogen-bond donors (Lipinski definition) is 1. The van der Waals surface area contributed by atoms with Crippen LogP contribution in [0.25, 0.3) is 0 Å². The lowest BCUT2D eigenvalue weighted by molar-refractivity contribution is 0.155. The molecule has 1 unspecified atom stereocenters. The summed E-state index contributed by atoms with van der Waals surface area (Å²) in [5.74, 6) is 0. The normalized spacial score (nSPS) is 23.8. The summed E-state index contributed by atoms with van der Waals surface area (Å²) >= 11 is 9.14. The van der Waals surface area contributed by atoms with Crippen molar-refractivity contribution in [3.8, 4) is 0 Å². The lowest BCUT2D eigenvalue weighted by Gasteiger charge is -2.41. The van der Waals surface area contributed by atoms with E-state index < -0.39 is 10.0 Å². The predicted molar refractivity (Wildman–Crippen MR) is 84.3 cm³/mol. The minimum atomic E-state index is -3.53. The van der Waals surface area contributed by atoms with E-state index in [0.717, 1.165) is 0 Å². The van der Waals surface area contributed by atoms with E-state index in [1.54, 1.807) is 12.1 Å². The number of piperidine rings is 1. The summed E-state index contributed by atoms with van der Waals surface area (Å²) < 4.78 is 27.4. The van der Waals surface area contributed by atoms with Crippen molar-refractivity contribution < 1.29 is 8.42 Å². The molecule has 112 valence electrons. The molecule has 0 amide bonds. The highest BCUT2D eigenvalue weighted by molar-refractivity contribution is 9.10. The average Bonchev–Trinajstić information content (AvgIpc) is 2.31. The fourth-order valence-electron chi connectivity index (χ4n) is 2.35. The van der Waals surface area contributed by atoms with E-state index in [0.29, 0.717) is 29.0 Å². The molecule has 0 bridgehead atoms. The molecule has 0 saturated carbocycles. The van der Waals surface area contributed by atoms with E-state index in [-0.39, 0.29) is 16.4 Å². The summed E-state index contributed by atoms with van der Waals surface area (Å²) in [7, 11) is -3.53. The van der Waals surface area contributed by atoms with E-state index in [1.165, 1.54) is 10.4 Å². The SMILES string of the molecule is CC1(C)CN(S(=O)(=O)c2ccc(Cl)cc2Br)CCC1N. The second-order valence-electron chi connectivity index (χ2n) is 5.80. The molecule has 2 rings (SSSR count).